The highest BCUT2D eigenvalue weighted by molar-refractivity contribution is 5.80. The minimum absolute atomic E-state index is 0.868. The Balaban J connectivity index is 2.09. The van der Waals surface area contributed by atoms with Gasteiger partial charge in [-0.2, -0.15) is 4.59 Å². The Hall–Kier alpha value is -0.570. The lowest BCUT2D eigenvalue weighted by Gasteiger charge is -2.31. The van der Waals surface area contributed by atoms with E-state index in [1.54, 1.807) is 0 Å². The molecule has 1 spiro atoms. The van der Waals surface area contributed by atoms with Gasteiger partial charge in [-0.15, -0.1) is 0 Å². The van der Waals surface area contributed by atoms with Gasteiger partial charge in [0.1, 0.15) is 19.6 Å². The molecule has 1 saturated heterocycles. The lowest BCUT2D eigenvalue weighted by molar-refractivity contribution is -0.933. The van der Waals surface area contributed by atoms with Crippen molar-refractivity contribution in [3.05, 3.63) is 0 Å². The molecule has 0 bridgehead atoms. The summed E-state index contributed by atoms with van der Waals surface area (Å²) in [6.07, 6.45) is 5.06. The Kier molecular flexibility index (Phi) is 1.60. The molecule has 0 aromatic carbocycles. The van der Waals surface area contributed by atoms with E-state index in [0.717, 1.165) is 23.4 Å². The van der Waals surface area contributed by atoms with Gasteiger partial charge in [-0.1, -0.05) is 5.10 Å². The van der Waals surface area contributed by atoms with Gasteiger partial charge in [0.15, 0.2) is 5.84 Å². The molecule has 11 heavy (non-hydrogen) atoms. The lowest BCUT2D eigenvalue weighted by atomic mass is 10.1. The molecule has 2 N–H and O–H groups in total. The molecule has 0 aliphatic carbocycles. The van der Waals surface area contributed by atoms with E-state index in [1.807, 2.05) is 0 Å². The van der Waals surface area contributed by atoms with Crippen molar-refractivity contribution in [2.24, 2.45) is 10.8 Å². The maximum atomic E-state index is 5.67. The van der Waals surface area contributed by atoms with Gasteiger partial charge in [0.25, 0.3) is 0 Å². The Morgan fingerprint density at radius 1 is 1.09 bits per heavy atom. The maximum absolute atomic E-state index is 5.67. The van der Waals surface area contributed by atoms with Gasteiger partial charge in [-0.05, 0) is 19.3 Å². The highest BCUT2D eigenvalue weighted by atomic mass is 15.6. The quantitative estimate of drug-likeness (QED) is 0.511. The Bertz CT molecular complexity index is 180. The van der Waals surface area contributed by atoms with Crippen molar-refractivity contribution in [3.8, 4) is 0 Å². The standard InChI is InChI=1S/C8H16N3/c9-8-4-7-11(10-8)5-2-1-3-6-11/h1-7H2,(H2,9,10)/q+1. The van der Waals surface area contributed by atoms with Crippen molar-refractivity contribution in [2.45, 2.75) is 25.7 Å². The smallest absolute Gasteiger partial charge is 0.161 e. The number of hydrogen-bond donors (Lipinski definition) is 1. The number of nitrogens with zero attached hydrogens (tertiary/aromatic N) is 2. The van der Waals surface area contributed by atoms with Gasteiger partial charge in [-0.3, -0.25) is 0 Å². The molecule has 1 fully saturated rings. The maximum Gasteiger partial charge on any atom is 0.161 e. The first-order valence-electron chi connectivity index (χ1n) is 4.51. The van der Waals surface area contributed by atoms with E-state index in [1.165, 1.54) is 32.4 Å². The number of piperidine rings is 1. The predicted molar refractivity (Wildman–Crippen MR) is 45.0 cm³/mol. The minimum Gasteiger partial charge on any atom is -0.383 e. The van der Waals surface area contributed by atoms with E-state index in [4.69, 9.17) is 5.73 Å². The molecule has 2 heterocycles. The monoisotopic (exact) mass is 154 g/mol. The molecule has 0 aromatic rings. The summed E-state index contributed by atoms with van der Waals surface area (Å²) in [5, 5.41) is 4.51. The van der Waals surface area contributed by atoms with Crippen LogP contribution >= 0.6 is 0 Å². The Morgan fingerprint density at radius 2 is 1.82 bits per heavy atom. The van der Waals surface area contributed by atoms with Crippen LogP contribution in [0.25, 0.3) is 0 Å². The van der Waals surface area contributed by atoms with Crippen molar-refractivity contribution in [2.75, 3.05) is 19.6 Å². The average molecular weight is 154 g/mol. The van der Waals surface area contributed by atoms with Gasteiger partial charge in [0.05, 0.1) is 6.42 Å². The zero-order valence-corrected chi connectivity index (χ0v) is 6.92. The van der Waals surface area contributed by atoms with Crippen molar-refractivity contribution in [3.63, 3.8) is 0 Å². The fraction of sp³-hybridized carbons (Fsp3) is 0.875. The average Bonchev–Trinajstić information content (AvgIpc) is 2.34. The van der Waals surface area contributed by atoms with E-state index in [9.17, 15) is 0 Å². The third kappa shape index (κ3) is 1.25. The second-order valence-electron chi connectivity index (χ2n) is 3.67. The van der Waals surface area contributed by atoms with Gasteiger partial charge in [0.2, 0.25) is 0 Å². The summed E-state index contributed by atoms with van der Waals surface area (Å²) in [6.45, 7) is 3.60. The van der Waals surface area contributed by atoms with Crippen LogP contribution in [0.5, 0.6) is 0 Å². The number of rotatable bonds is 0. The summed E-state index contributed by atoms with van der Waals surface area (Å²) in [4.78, 5) is 0. The first kappa shape index (κ1) is 7.10. The van der Waals surface area contributed by atoms with Crippen LogP contribution in [0.1, 0.15) is 25.7 Å². The van der Waals surface area contributed by atoms with E-state index in [-0.39, 0.29) is 0 Å². The molecule has 3 heteroatoms. The van der Waals surface area contributed by atoms with E-state index in [2.05, 4.69) is 5.10 Å². The van der Waals surface area contributed by atoms with Crippen LogP contribution in [0.15, 0.2) is 5.10 Å². The van der Waals surface area contributed by atoms with Crippen LogP contribution in [-0.4, -0.2) is 30.1 Å². The summed E-state index contributed by atoms with van der Waals surface area (Å²) in [7, 11) is 0. The summed E-state index contributed by atoms with van der Waals surface area (Å²) < 4.78 is 0.950. The van der Waals surface area contributed by atoms with Crippen molar-refractivity contribution >= 4 is 5.84 Å². The number of nitrogens with two attached hydrogens (primary N) is 1. The Morgan fingerprint density at radius 3 is 2.36 bits per heavy atom. The van der Waals surface area contributed by atoms with E-state index in [0.29, 0.717) is 0 Å². The molecule has 62 valence electrons. The molecule has 0 unspecified atom stereocenters. The summed E-state index contributed by atoms with van der Waals surface area (Å²) in [6, 6.07) is 0. The molecule has 0 aromatic heterocycles. The largest absolute Gasteiger partial charge is 0.383 e. The van der Waals surface area contributed by atoms with Crippen molar-refractivity contribution in [1.82, 2.24) is 0 Å². The molecular formula is C8H16N3+. The van der Waals surface area contributed by atoms with Crippen LogP contribution in [0, 0.1) is 0 Å². The molecule has 2 aliphatic heterocycles. The van der Waals surface area contributed by atoms with Gasteiger partial charge in [-0.25, -0.2) is 0 Å². The summed E-state index contributed by atoms with van der Waals surface area (Å²) in [5.74, 6) is 0.868. The van der Waals surface area contributed by atoms with Crippen LogP contribution in [-0.2, 0) is 0 Å². The molecule has 0 saturated carbocycles. The number of quaternary nitrogens is 1. The molecule has 0 amide bonds. The normalized spacial score (nSPS) is 28.9. The second-order valence-corrected chi connectivity index (χ2v) is 3.67. The zero-order valence-electron chi connectivity index (χ0n) is 6.92. The molecule has 0 atom stereocenters. The number of amidine groups is 1. The third-order valence-corrected chi connectivity index (χ3v) is 2.77. The van der Waals surface area contributed by atoms with Gasteiger partial charge < -0.3 is 5.73 Å². The van der Waals surface area contributed by atoms with Gasteiger partial charge in [0, 0.05) is 0 Å². The van der Waals surface area contributed by atoms with E-state index >= 15 is 0 Å². The SMILES string of the molecule is NC1=N[N+]2(CCCCC2)CC1. The van der Waals surface area contributed by atoms with E-state index < -0.39 is 0 Å². The highest BCUT2D eigenvalue weighted by Gasteiger charge is 2.34. The van der Waals surface area contributed by atoms with Crippen LogP contribution in [0.4, 0.5) is 0 Å². The third-order valence-electron chi connectivity index (χ3n) is 2.77. The zero-order chi connectivity index (χ0) is 7.73. The molecule has 0 radical (unpaired) electrons. The molecule has 3 nitrogen and oxygen atoms in total. The first-order chi connectivity index (χ1) is 5.31. The molecule has 2 rings (SSSR count). The summed E-state index contributed by atoms with van der Waals surface area (Å²) >= 11 is 0. The Labute approximate surface area is 67.5 Å². The molecule has 2 aliphatic rings. The predicted octanol–water partition coefficient (Wildman–Crippen LogP) is 0.663. The molecular weight excluding hydrogens is 138 g/mol. The highest BCUT2D eigenvalue weighted by Crippen LogP contribution is 2.23. The van der Waals surface area contributed by atoms with Crippen LogP contribution in [0.2, 0.25) is 0 Å². The van der Waals surface area contributed by atoms with Crippen LogP contribution in [0.3, 0.4) is 0 Å². The fourth-order valence-corrected chi connectivity index (χ4v) is 2.12. The van der Waals surface area contributed by atoms with Crippen molar-refractivity contribution in [1.29, 1.82) is 0 Å². The second kappa shape index (κ2) is 2.48. The van der Waals surface area contributed by atoms with Crippen molar-refractivity contribution < 1.29 is 4.59 Å². The number of hydrogen-bond acceptors (Lipinski definition) is 2. The minimum atomic E-state index is 0.868. The first-order valence-corrected chi connectivity index (χ1v) is 4.51. The van der Waals surface area contributed by atoms with Crippen LogP contribution < -0.4 is 5.73 Å². The summed E-state index contributed by atoms with van der Waals surface area (Å²) in [5.41, 5.74) is 5.67. The fourth-order valence-electron chi connectivity index (χ4n) is 2.12. The topological polar surface area (TPSA) is 38.4 Å². The van der Waals surface area contributed by atoms with Gasteiger partial charge >= 0.3 is 0 Å². The lowest BCUT2D eigenvalue weighted by Crippen LogP contribution is -2.44.